The van der Waals surface area contributed by atoms with Crippen molar-refractivity contribution < 1.29 is 19.4 Å². The molecule has 1 aromatic heterocycles. The number of nitrogens with zero attached hydrogens (tertiary/aromatic N) is 3. The van der Waals surface area contributed by atoms with Crippen molar-refractivity contribution >= 4 is 5.91 Å². The van der Waals surface area contributed by atoms with E-state index in [0.717, 1.165) is 30.6 Å². The number of carbonyl (C=O) groups is 1. The van der Waals surface area contributed by atoms with Crippen LogP contribution in [0.25, 0.3) is 11.1 Å². The van der Waals surface area contributed by atoms with Gasteiger partial charge < -0.3 is 24.4 Å². The average Bonchev–Trinajstić information content (AvgIpc) is 2.80. The fourth-order valence-electron chi connectivity index (χ4n) is 4.13. The molecule has 1 amide bonds. The number of pyridine rings is 1. The van der Waals surface area contributed by atoms with Crippen LogP contribution < -0.4 is 9.47 Å². The Hall–Kier alpha value is -2.64. The molecule has 3 rings (SSSR count). The summed E-state index contributed by atoms with van der Waals surface area (Å²) in [6, 6.07) is 9.17. The third-order valence-electron chi connectivity index (χ3n) is 6.04. The fourth-order valence-corrected chi connectivity index (χ4v) is 4.13. The number of hydrogen-bond donors (Lipinski definition) is 1. The zero-order chi connectivity index (χ0) is 23.3. The lowest BCUT2D eigenvalue weighted by Crippen LogP contribution is -2.50. The first kappa shape index (κ1) is 24.0. The van der Waals surface area contributed by atoms with Crippen molar-refractivity contribution in [3.05, 3.63) is 42.1 Å². The molecule has 32 heavy (non-hydrogen) atoms. The molecular formula is C25H35N3O4. The molecule has 1 aromatic carbocycles. The number of methoxy groups -OCH3 is 1. The number of ether oxygens (including phenoxy) is 2. The molecule has 2 aromatic rings. The first-order valence-electron chi connectivity index (χ1n) is 11.3. The van der Waals surface area contributed by atoms with E-state index in [0.29, 0.717) is 23.7 Å². The number of likely N-dealkylation sites (N-methyl/N-ethyl adjacent to an activating group) is 1. The minimum absolute atomic E-state index is 0.0797. The molecule has 0 aliphatic carbocycles. The molecule has 0 radical (unpaired) electrons. The van der Waals surface area contributed by atoms with Gasteiger partial charge in [0.05, 0.1) is 19.8 Å². The Morgan fingerprint density at radius 1 is 1.34 bits per heavy atom. The number of para-hydroxylation sites is 1. The van der Waals surface area contributed by atoms with Gasteiger partial charge in [-0.1, -0.05) is 32.0 Å². The zero-order valence-corrected chi connectivity index (χ0v) is 19.7. The number of aliphatic hydroxyl groups is 1. The Balaban J connectivity index is 2.06. The predicted octanol–water partition coefficient (Wildman–Crippen LogP) is 3.32. The highest BCUT2D eigenvalue weighted by Gasteiger charge is 2.34. The molecule has 7 nitrogen and oxygen atoms in total. The Labute approximate surface area is 191 Å². The summed E-state index contributed by atoms with van der Waals surface area (Å²) in [7, 11) is 3.70. The lowest BCUT2D eigenvalue weighted by Gasteiger charge is -2.37. The average molecular weight is 442 g/mol. The second-order valence-electron chi connectivity index (χ2n) is 8.66. The Morgan fingerprint density at radius 2 is 2.09 bits per heavy atom. The van der Waals surface area contributed by atoms with E-state index in [2.05, 4.69) is 30.8 Å². The Morgan fingerprint density at radius 3 is 2.78 bits per heavy atom. The van der Waals surface area contributed by atoms with E-state index in [9.17, 15) is 9.90 Å². The van der Waals surface area contributed by atoms with Crippen LogP contribution in [0.15, 0.2) is 36.5 Å². The molecule has 0 saturated carbocycles. The maximum absolute atomic E-state index is 13.6. The van der Waals surface area contributed by atoms with E-state index in [4.69, 9.17) is 9.47 Å². The lowest BCUT2D eigenvalue weighted by molar-refractivity contribution is 0.0331. The monoisotopic (exact) mass is 441 g/mol. The number of rotatable bonds is 8. The van der Waals surface area contributed by atoms with Crippen molar-refractivity contribution in [2.24, 2.45) is 5.92 Å². The van der Waals surface area contributed by atoms with Gasteiger partial charge in [0, 0.05) is 36.3 Å². The summed E-state index contributed by atoms with van der Waals surface area (Å²) in [5.41, 5.74) is 2.04. The molecule has 1 aliphatic rings. The van der Waals surface area contributed by atoms with Gasteiger partial charge in [0.25, 0.3) is 5.91 Å². The highest BCUT2D eigenvalue weighted by molar-refractivity contribution is 5.98. The third-order valence-corrected chi connectivity index (χ3v) is 6.04. The summed E-state index contributed by atoms with van der Waals surface area (Å²) < 4.78 is 11.8. The van der Waals surface area contributed by atoms with Gasteiger partial charge in [0.2, 0.25) is 5.88 Å². The molecule has 2 heterocycles. The Kier molecular flexibility index (Phi) is 8.10. The highest BCUT2D eigenvalue weighted by Crippen LogP contribution is 2.34. The van der Waals surface area contributed by atoms with Gasteiger partial charge in [-0.05, 0) is 39.1 Å². The van der Waals surface area contributed by atoms with E-state index in [1.807, 2.05) is 37.3 Å². The van der Waals surface area contributed by atoms with Gasteiger partial charge in [-0.3, -0.25) is 4.79 Å². The second-order valence-corrected chi connectivity index (χ2v) is 8.66. The van der Waals surface area contributed by atoms with Gasteiger partial charge in [0.15, 0.2) is 0 Å². The number of aromatic nitrogens is 1. The van der Waals surface area contributed by atoms with Crippen LogP contribution >= 0.6 is 0 Å². The number of carbonyl (C=O) groups excluding carboxylic acids is 1. The topological polar surface area (TPSA) is 75.1 Å². The summed E-state index contributed by atoms with van der Waals surface area (Å²) in [5.74, 6) is 0.945. The first-order chi connectivity index (χ1) is 15.4. The maximum atomic E-state index is 13.6. The second kappa shape index (κ2) is 10.8. The summed E-state index contributed by atoms with van der Waals surface area (Å²) in [6.07, 6.45) is 2.65. The molecule has 3 atom stereocenters. The minimum Gasteiger partial charge on any atom is -0.496 e. The van der Waals surface area contributed by atoms with E-state index >= 15 is 0 Å². The smallest absolute Gasteiger partial charge is 0.259 e. The number of hydrogen-bond acceptors (Lipinski definition) is 6. The maximum Gasteiger partial charge on any atom is 0.259 e. The van der Waals surface area contributed by atoms with Crippen LogP contribution in [0.4, 0.5) is 0 Å². The molecule has 0 fully saturated rings. The summed E-state index contributed by atoms with van der Waals surface area (Å²) >= 11 is 0. The fraction of sp³-hybridized carbons (Fsp3) is 0.520. The van der Waals surface area contributed by atoms with Crippen LogP contribution in [0, 0.1) is 5.92 Å². The van der Waals surface area contributed by atoms with Crippen molar-refractivity contribution in [1.82, 2.24) is 14.8 Å². The van der Waals surface area contributed by atoms with Crippen molar-refractivity contribution in [1.29, 1.82) is 0 Å². The summed E-state index contributed by atoms with van der Waals surface area (Å²) in [4.78, 5) is 22.1. The normalized spacial score (nSPS) is 19.7. The summed E-state index contributed by atoms with van der Waals surface area (Å²) in [6.45, 7) is 8.21. The van der Waals surface area contributed by atoms with E-state index in [1.54, 1.807) is 18.2 Å². The van der Waals surface area contributed by atoms with Crippen LogP contribution in [0.2, 0.25) is 0 Å². The number of aliphatic hydroxyl groups excluding tert-OH is 1. The molecule has 1 aliphatic heterocycles. The van der Waals surface area contributed by atoms with Gasteiger partial charge in [-0.15, -0.1) is 0 Å². The van der Waals surface area contributed by atoms with Gasteiger partial charge in [-0.2, -0.15) is 0 Å². The number of fused-ring (bicyclic) bond motifs is 1. The van der Waals surface area contributed by atoms with Crippen LogP contribution in [-0.2, 0) is 0 Å². The summed E-state index contributed by atoms with van der Waals surface area (Å²) in [5, 5.41) is 9.82. The minimum atomic E-state index is -0.306. The van der Waals surface area contributed by atoms with Crippen LogP contribution in [0.5, 0.6) is 11.6 Å². The first-order valence-corrected chi connectivity index (χ1v) is 11.3. The number of amides is 1. The molecular weight excluding hydrogens is 406 g/mol. The molecule has 1 N–H and O–H groups in total. The highest BCUT2D eigenvalue weighted by atomic mass is 16.5. The van der Waals surface area contributed by atoms with Crippen LogP contribution in [0.3, 0.4) is 0 Å². The molecule has 7 heteroatoms. The standard InChI is InChI=1S/C25H35N3O4/c1-6-11-27(4)15-23-17(2)14-28(18(3)16-29)25(30)21-12-19(13-26-24(21)32-23)20-9-7-8-10-22(20)31-5/h7-10,12-13,17-18,23,29H,6,11,14-16H2,1-5H3/t17-,18-,23-/m1/s1. The molecule has 0 bridgehead atoms. The van der Waals surface area contributed by atoms with E-state index in [1.165, 1.54) is 0 Å². The number of benzene rings is 1. The molecule has 0 unspecified atom stereocenters. The quantitative estimate of drug-likeness (QED) is 0.677. The van der Waals surface area contributed by atoms with Gasteiger partial charge in [0.1, 0.15) is 17.4 Å². The van der Waals surface area contributed by atoms with Gasteiger partial charge in [-0.25, -0.2) is 4.98 Å². The van der Waals surface area contributed by atoms with Crippen molar-refractivity contribution in [3.8, 4) is 22.8 Å². The molecule has 0 saturated heterocycles. The molecule has 174 valence electrons. The van der Waals surface area contributed by atoms with Crippen molar-refractivity contribution in [2.75, 3.05) is 40.4 Å². The van der Waals surface area contributed by atoms with Crippen molar-refractivity contribution in [3.63, 3.8) is 0 Å². The predicted molar refractivity (Wildman–Crippen MR) is 125 cm³/mol. The SMILES string of the molecule is CCCN(C)C[C@H]1Oc2ncc(-c3ccccc3OC)cc2C(=O)N([C@H](C)CO)C[C@H]1C. The largest absolute Gasteiger partial charge is 0.496 e. The lowest BCUT2D eigenvalue weighted by atomic mass is 9.99. The van der Waals surface area contributed by atoms with E-state index in [-0.39, 0.29) is 30.6 Å². The van der Waals surface area contributed by atoms with Crippen LogP contribution in [-0.4, -0.2) is 78.3 Å². The third kappa shape index (κ3) is 5.22. The Bertz CT molecular complexity index is 920. The van der Waals surface area contributed by atoms with E-state index < -0.39 is 0 Å². The van der Waals surface area contributed by atoms with Gasteiger partial charge >= 0.3 is 0 Å². The molecule has 0 spiro atoms. The van der Waals surface area contributed by atoms with Crippen LogP contribution in [0.1, 0.15) is 37.6 Å². The van der Waals surface area contributed by atoms with Crippen molar-refractivity contribution in [2.45, 2.75) is 39.3 Å². The zero-order valence-electron chi connectivity index (χ0n) is 19.7.